The first kappa shape index (κ1) is 11.0. The van der Waals surface area contributed by atoms with Crippen LogP contribution >= 0.6 is 11.3 Å². The zero-order valence-corrected chi connectivity index (χ0v) is 9.75. The third-order valence-electron chi connectivity index (χ3n) is 2.23. The average molecular weight is 236 g/mol. The first-order valence-corrected chi connectivity index (χ1v) is 5.86. The van der Waals surface area contributed by atoms with Gasteiger partial charge in [0.15, 0.2) is 0 Å². The van der Waals surface area contributed by atoms with Crippen molar-refractivity contribution < 1.29 is 9.15 Å². The maximum atomic E-state index is 11.2. The van der Waals surface area contributed by atoms with Crippen molar-refractivity contribution in [1.29, 1.82) is 0 Å². The Balaban J connectivity index is 2.09. The minimum atomic E-state index is -0.361. The number of hydrogen-bond donors (Lipinski definition) is 0. The predicted molar refractivity (Wildman–Crippen MR) is 63.3 cm³/mol. The minimum absolute atomic E-state index is 0.361. The number of methoxy groups -OCH3 is 1. The van der Waals surface area contributed by atoms with E-state index < -0.39 is 0 Å². The molecule has 0 unspecified atom stereocenters. The first-order valence-electron chi connectivity index (χ1n) is 4.98. The lowest BCUT2D eigenvalue weighted by Crippen LogP contribution is -2.02. The highest BCUT2D eigenvalue weighted by Gasteiger charge is 2.03. The van der Waals surface area contributed by atoms with E-state index in [2.05, 4.69) is 6.07 Å². The maximum Gasteiger partial charge on any atom is 0.339 e. The van der Waals surface area contributed by atoms with Crippen LogP contribution in [0.15, 0.2) is 38.9 Å². The van der Waals surface area contributed by atoms with Gasteiger partial charge in [-0.25, -0.2) is 4.79 Å². The van der Waals surface area contributed by atoms with Crippen LogP contribution in [0.5, 0.6) is 5.75 Å². The van der Waals surface area contributed by atoms with E-state index in [0.29, 0.717) is 17.9 Å². The first-order chi connectivity index (χ1) is 7.78. The van der Waals surface area contributed by atoms with Gasteiger partial charge >= 0.3 is 5.63 Å². The highest BCUT2D eigenvalue weighted by atomic mass is 32.1. The molecule has 3 nitrogen and oxygen atoms in total. The standard InChI is InChI=1S/C12H12O3S/c1-14-10-7-9(15-12(13)8-10)4-5-11-3-2-6-16-11/h2-3,6-8H,4-5H2,1H3. The Morgan fingerprint density at radius 1 is 1.38 bits per heavy atom. The Morgan fingerprint density at radius 2 is 2.25 bits per heavy atom. The monoisotopic (exact) mass is 236 g/mol. The molecule has 0 aliphatic rings. The summed E-state index contributed by atoms with van der Waals surface area (Å²) in [6.45, 7) is 0. The number of hydrogen-bond acceptors (Lipinski definition) is 4. The van der Waals surface area contributed by atoms with Gasteiger partial charge in [0.1, 0.15) is 11.5 Å². The molecule has 16 heavy (non-hydrogen) atoms. The zero-order valence-electron chi connectivity index (χ0n) is 8.93. The maximum absolute atomic E-state index is 11.2. The second kappa shape index (κ2) is 4.99. The summed E-state index contributed by atoms with van der Waals surface area (Å²) in [5.74, 6) is 1.22. The zero-order chi connectivity index (χ0) is 11.4. The average Bonchev–Trinajstić information content (AvgIpc) is 2.78. The Kier molecular flexibility index (Phi) is 3.41. The van der Waals surface area contributed by atoms with Crippen molar-refractivity contribution in [3.63, 3.8) is 0 Å². The number of rotatable bonds is 4. The minimum Gasteiger partial charge on any atom is -0.496 e. The second-order valence-corrected chi connectivity index (χ2v) is 4.39. The molecular formula is C12H12O3S. The van der Waals surface area contributed by atoms with Gasteiger partial charge in [0, 0.05) is 17.4 Å². The van der Waals surface area contributed by atoms with Gasteiger partial charge < -0.3 is 9.15 Å². The van der Waals surface area contributed by atoms with Gasteiger partial charge in [-0.05, 0) is 17.9 Å². The summed E-state index contributed by atoms with van der Waals surface area (Å²) in [6.07, 6.45) is 1.60. The van der Waals surface area contributed by atoms with Crippen LogP contribution in [0.25, 0.3) is 0 Å². The normalized spacial score (nSPS) is 10.3. The van der Waals surface area contributed by atoms with Crippen LogP contribution < -0.4 is 10.4 Å². The highest BCUT2D eigenvalue weighted by molar-refractivity contribution is 7.09. The molecule has 0 aliphatic carbocycles. The molecule has 0 bridgehead atoms. The van der Waals surface area contributed by atoms with Gasteiger partial charge in [0.25, 0.3) is 0 Å². The third kappa shape index (κ3) is 2.73. The van der Waals surface area contributed by atoms with Crippen LogP contribution in [0, 0.1) is 0 Å². The van der Waals surface area contributed by atoms with E-state index in [9.17, 15) is 4.79 Å². The van der Waals surface area contributed by atoms with Crippen LogP contribution in [-0.4, -0.2) is 7.11 Å². The number of aryl methyl sites for hydroxylation is 2. The van der Waals surface area contributed by atoms with Gasteiger partial charge in [0.05, 0.1) is 13.2 Å². The molecule has 2 aromatic heterocycles. The summed E-state index contributed by atoms with van der Waals surface area (Å²) < 4.78 is 10.1. The van der Waals surface area contributed by atoms with Crippen LogP contribution in [0.1, 0.15) is 10.6 Å². The molecule has 0 saturated carbocycles. The van der Waals surface area contributed by atoms with E-state index in [0.717, 1.165) is 6.42 Å². The molecule has 4 heteroatoms. The van der Waals surface area contributed by atoms with Gasteiger partial charge in [-0.1, -0.05) is 6.07 Å². The summed E-state index contributed by atoms with van der Waals surface area (Å²) in [6, 6.07) is 7.19. The molecule has 0 amide bonds. The molecule has 2 heterocycles. The summed E-state index contributed by atoms with van der Waals surface area (Å²) in [5, 5.41) is 2.04. The number of thiophene rings is 1. The summed E-state index contributed by atoms with van der Waals surface area (Å²) in [7, 11) is 1.54. The Morgan fingerprint density at radius 3 is 2.94 bits per heavy atom. The third-order valence-corrected chi connectivity index (χ3v) is 3.16. The molecule has 0 saturated heterocycles. The van der Waals surface area contributed by atoms with Crippen LogP contribution in [0.2, 0.25) is 0 Å². The van der Waals surface area contributed by atoms with E-state index in [1.165, 1.54) is 18.1 Å². The van der Waals surface area contributed by atoms with Crippen molar-refractivity contribution in [3.8, 4) is 5.75 Å². The molecular weight excluding hydrogens is 224 g/mol. The molecule has 0 aromatic carbocycles. The Labute approximate surface area is 97.3 Å². The fourth-order valence-corrected chi connectivity index (χ4v) is 2.16. The van der Waals surface area contributed by atoms with Crippen LogP contribution in [-0.2, 0) is 12.8 Å². The van der Waals surface area contributed by atoms with Gasteiger partial charge in [-0.3, -0.25) is 0 Å². The predicted octanol–water partition coefficient (Wildman–Crippen LogP) is 2.50. The van der Waals surface area contributed by atoms with Crippen LogP contribution in [0.3, 0.4) is 0 Å². The molecule has 0 aliphatic heterocycles. The van der Waals surface area contributed by atoms with Crippen LogP contribution in [0.4, 0.5) is 0 Å². The largest absolute Gasteiger partial charge is 0.496 e. The van der Waals surface area contributed by atoms with Crippen molar-refractivity contribution in [2.24, 2.45) is 0 Å². The van der Waals surface area contributed by atoms with Gasteiger partial charge in [-0.2, -0.15) is 0 Å². The highest BCUT2D eigenvalue weighted by Crippen LogP contribution is 2.14. The van der Waals surface area contributed by atoms with Crippen molar-refractivity contribution in [3.05, 3.63) is 50.7 Å². The van der Waals surface area contributed by atoms with Crippen molar-refractivity contribution >= 4 is 11.3 Å². The summed E-state index contributed by atoms with van der Waals surface area (Å²) in [4.78, 5) is 12.5. The van der Waals surface area contributed by atoms with E-state index >= 15 is 0 Å². The van der Waals surface area contributed by atoms with Crippen molar-refractivity contribution in [1.82, 2.24) is 0 Å². The molecule has 0 radical (unpaired) electrons. The molecule has 0 spiro atoms. The van der Waals surface area contributed by atoms with E-state index in [-0.39, 0.29) is 5.63 Å². The van der Waals surface area contributed by atoms with Gasteiger partial charge in [0.2, 0.25) is 0 Å². The topological polar surface area (TPSA) is 39.4 Å². The Bertz CT molecular complexity index is 499. The SMILES string of the molecule is COc1cc(CCc2cccs2)oc(=O)c1. The van der Waals surface area contributed by atoms with E-state index in [1.54, 1.807) is 17.4 Å². The smallest absolute Gasteiger partial charge is 0.339 e. The lowest BCUT2D eigenvalue weighted by atomic mass is 10.2. The molecule has 2 rings (SSSR count). The van der Waals surface area contributed by atoms with Gasteiger partial charge in [-0.15, -0.1) is 11.3 Å². The molecule has 0 N–H and O–H groups in total. The fourth-order valence-electron chi connectivity index (χ4n) is 1.45. The number of ether oxygens (including phenoxy) is 1. The molecule has 2 aromatic rings. The quantitative estimate of drug-likeness (QED) is 0.818. The molecule has 0 atom stereocenters. The lowest BCUT2D eigenvalue weighted by Gasteiger charge is -2.01. The summed E-state index contributed by atoms with van der Waals surface area (Å²) in [5.41, 5.74) is -0.361. The molecule has 0 fully saturated rings. The van der Waals surface area contributed by atoms with Crippen molar-refractivity contribution in [2.45, 2.75) is 12.8 Å². The fraction of sp³-hybridized carbons (Fsp3) is 0.250. The van der Waals surface area contributed by atoms with Crippen molar-refractivity contribution in [2.75, 3.05) is 7.11 Å². The lowest BCUT2D eigenvalue weighted by molar-refractivity contribution is 0.392. The second-order valence-electron chi connectivity index (χ2n) is 3.36. The molecule has 84 valence electrons. The van der Waals surface area contributed by atoms with E-state index in [4.69, 9.17) is 9.15 Å². The summed E-state index contributed by atoms with van der Waals surface area (Å²) >= 11 is 1.71. The van der Waals surface area contributed by atoms with E-state index in [1.807, 2.05) is 11.4 Å². The Hall–Kier alpha value is -1.55.